The fraction of sp³-hybridized carbons (Fsp3) is 0.917. The molecular formula is C12H22N2OS. The van der Waals surface area contributed by atoms with Crippen LogP contribution in [0.5, 0.6) is 0 Å². The lowest BCUT2D eigenvalue weighted by molar-refractivity contribution is -0.129. The largest absolute Gasteiger partial charge is 0.337 e. The van der Waals surface area contributed by atoms with Crippen molar-refractivity contribution in [3.8, 4) is 0 Å². The van der Waals surface area contributed by atoms with E-state index in [1.807, 2.05) is 6.26 Å². The number of nitrogens with one attached hydrogen (secondary N) is 1. The van der Waals surface area contributed by atoms with Crippen LogP contribution in [0.2, 0.25) is 0 Å². The van der Waals surface area contributed by atoms with Crippen LogP contribution in [0.1, 0.15) is 32.1 Å². The van der Waals surface area contributed by atoms with E-state index in [-0.39, 0.29) is 0 Å². The number of carbonyl (C=O) groups excluding carboxylic acids is 1. The molecule has 1 saturated heterocycles. The number of amides is 1. The lowest BCUT2D eigenvalue weighted by atomic mass is 10.0. The molecule has 2 aliphatic rings. The van der Waals surface area contributed by atoms with Crippen molar-refractivity contribution in [3.05, 3.63) is 0 Å². The maximum Gasteiger partial charge on any atom is 0.232 e. The fourth-order valence-electron chi connectivity index (χ4n) is 2.36. The smallest absolute Gasteiger partial charge is 0.232 e. The standard InChI is InChI=1S/C12H22N2OS/c1-16-9-12(15)14(11-5-6-11)8-10-4-2-3-7-13-10/h10-11,13H,2-9H2,1H3. The predicted molar refractivity (Wildman–Crippen MR) is 68.8 cm³/mol. The van der Waals surface area contributed by atoms with E-state index in [2.05, 4.69) is 10.2 Å². The molecule has 1 N–H and O–H groups in total. The first kappa shape index (κ1) is 12.2. The highest BCUT2D eigenvalue weighted by atomic mass is 32.2. The van der Waals surface area contributed by atoms with Gasteiger partial charge in [-0.15, -0.1) is 0 Å². The van der Waals surface area contributed by atoms with Gasteiger partial charge in [-0.25, -0.2) is 0 Å². The number of carbonyl (C=O) groups is 1. The Bertz CT molecular complexity index is 237. The minimum atomic E-state index is 0.336. The molecule has 0 aromatic rings. The van der Waals surface area contributed by atoms with Crippen molar-refractivity contribution in [1.82, 2.24) is 10.2 Å². The Hall–Kier alpha value is -0.220. The van der Waals surface area contributed by atoms with Crippen LogP contribution in [0, 0.1) is 0 Å². The number of thioether (sulfide) groups is 1. The summed E-state index contributed by atoms with van der Waals surface area (Å²) >= 11 is 1.63. The van der Waals surface area contributed by atoms with Gasteiger partial charge in [-0.1, -0.05) is 6.42 Å². The van der Waals surface area contributed by atoms with E-state index in [4.69, 9.17) is 0 Å². The van der Waals surface area contributed by atoms with Crippen molar-refractivity contribution in [3.63, 3.8) is 0 Å². The van der Waals surface area contributed by atoms with E-state index < -0.39 is 0 Å². The molecule has 0 spiro atoms. The van der Waals surface area contributed by atoms with Crippen molar-refractivity contribution >= 4 is 17.7 Å². The van der Waals surface area contributed by atoms with E-state index in [1.165, 1.54) is 32.1 Å². The Balaban J connectivity index is 1.83. The maximum absolute atomic E-state index is 12.0. The summed E-state index contributed by atoms with van der Waals surface area (Å²) in [5.41, 5.74) is 0. The molecule has 1 aliphatic heterocycles. The molecular weight excluding hydrogens is 220 g/mol. The normalized spacial score (nSPS) is 25.4. The topological polar surface area (TPSA) is 32.3 Å². The monoisotopic (exact) mass is 242 g/mol. The number of hydrogen-bond acceptors (Lipinski definition) is 3. The Morgan fingerprint density at radius 1 is 1.38 bits per heavy atom. The van der Waals surface area contributed by atoms with Gasteiger partial charge >= 0.3 is 0 Å². The van der Waals surface area contributed by atoms with Crippen LogP contribution in [0.3, 0.4) is 0 Å². The molecule has 0 radical (unpaired) electrons. The van der Waals surface area contributed by atoms with E-state index in [0.29, 0.717) is 23.7 Å². The third-order valence-corrected chi connectivity index (χ3v) is 3.94. The minimum absolute atomic E-state index is 0.336. The lowest BCUT2D eigenvalue weighted by Crippen LogP contribution is -2.47. The summed E-state index contributed by atoms with van der Waals surface area (Å²) in [6.45, 7) is 2.06. The van der Waals surface area contributed by atoms with Gasteiger partial charge in [0.2, 0.25) is 5.91 Å². The van der Waals surface area contributed by atoms with Gasteiger partial charge in [-0.3, -0.25) is 4.79 Å². The molecule has 0 aromatic carbocycles. The van der Waals surface area contributed by atoms with E-state index in [1.54, 1.807) is 11.8 Å². The zero-order chi connectivity index (χ0) is 11.4. The van der Waals surface area contributed by atoms with Crippen LogP contribution in [0.15, 0.2) is 0 Å². The van der Waals surface area contributed by atoms with Crippen LogP contribution < -0.4 is 5.32 Å². The Labute approximate surface area is 102 Å². The van der Waals surface area contributed by atoms with Gasteiger partial charge < -0.3 is 10.2 Å². The highest BCUT2D eigenvalue weighted by molar-refractivity contribution is 7.99. The molecule has 4 heteroatoms. The van der Waals surface area contributed by atoms with Crippen LogP contribution in [-0.2, 0) is 4.79 Å². The van der Waals surface area contributed by atoms with E-state index in [0.717, 1.165) is 13.1 Å². The molecule has 1 aliphatic carbocycles. The summed E-state index contributed by atoms with van der Waals surface area (Å²) in [7, 11) is 0. The second kappa shape index (κ2) is 5.92. The molecule has 2 rings (SSSR count). The summed E-state index contributed by atoms with van der Waals surface area (Å²) in [5.74, 6) is 0.978. The molecule has 0 bridgehead atoms. The van der Waals surface area contributed by atoms with E-state index >= 15 is 0 Å². The van der Waals surface area contributed by atoms with Gasteiger partial charge in [0.05, 0.1) is 5.75 Å². The highest BCUT2D eigenvalue weighted by Crippen LogP contribution is 2.28. The van der Waals surface area contributed by atoms with Crippen molar-refractivity contribution in [2.24, 2.45) is 0 Å². The van der Waals surface area contributed by atoms with Crippen LogP contribution >= 0.6 is 11.8 Å². The first-order chi connectivity index (χ1) is 7.81. The average Bonchev–Trinajstić information content (AvgIpc) is 3.11. The molecule has 1 amide bonds. The SMILES string of the molecule is CSCC(=O)N(CC1CCCCN1)C1CC1. The number of hydrogen-bond donors (Lipinski definition) is 1. The zero-order valence-corrected chi connectivity index (χ0v) is 10.9. The van der Waals surface area contributed by atoms with Crippen molar-refractivity contribution in [1.29, 1.82) is 0 Å². The number of rotatable bonds is 5. The van der Waals surface area contributed by atoms with Gasteiger partial charge in [-0.2, -0.15) is 11.8 Å². The third-order valence-electron chi connectivity index (χ3n) is 3.41. The molecule has 16 heavy (non-hydrogen) atoms. The molecule has 1 heterocycles. The van der Waals surface area contributed by atoms with Gasteiger partial charge in [0.15, 0.2) is 0 Å². The van der Waals surface area contributed by atoms with Crippen LogP contribution in [0.4, 0.5) is 0 Å². The van der Waals surface area contributed by atoms with Crippen molar-refractivity contribution in [2.75, 3.05) is 25.1 Å². The summed E-state index contributed by atoms with van der Waals surface area (Å²) in [6, 6.07) is 1.10. The zero-order valence-electron chi connectivity index (χ0n) is 10.1. The van der Waals surface area contributed by atoms with Crippen molar-refractivity contribution in [2.45, 2.75) is 44.2 Å². The average molecular weight is 242 g/mol. The van der Waals surface area contributed by atoms with E-state index in [9.17, 15) is 4.79 Å². The predicted octanol–water partition coefficient (Wildman–Crippen LogP) is 1.48. The van der Waals surface area contributed by atoms with Crippen LogP contribution in [0.25, 0.3) is 0 Å². The van der Waals surface area contributed by atoms with Crippen molar-refractivity contribution < 1.29 is 4.79 Å². The molecule has 92 valence electrons. The molecule has 1 atom stereocenters. The molecule has 0 aromatic heterocycles. The second-order valence-corrected chi connectivity index (χ2v) is 5.72. The highest BCUT2D eigenvalue weighted by Gasteiger charge is 2.33. The molecule has 2 fully saturated rings. The second-order valence-electron chi connectivity index (χ2n) is 4.86. The third kappa shape index (κ3) is 3.39. The van der Waals surface area contributed by atoms with Gasteiger partial charge in [0, 0.05) is 18.6 Å². The lowest BCUT2D eigenvalue weighted by Gasteiger charge is -2.30. The minimum Gasteiger partial charge on any atom is -0.337 e. The molecule has 3 nitrogen and oxygen atoms in total. The fourth-order valence-corrected chi connectivity index (χ4v) is 2.78. The summed E-state index contributed by atoms with van der Waals surface area (Å²) < 4.78 is 0. The Morgan fingerprint density at radius 2 is 2.19 bits per heavy atom. The quantitative estimate of drug-likeness (QED) is 0.792. The maximum atomic E-state index is 12.0. The van der Waals surface area contributed by atoms with Gasteiger partial charge in [0.25, 0.3) is 0 Å². The summed E-state index contributed by atoms with van der Waals surface area (Å²) in [6.07, 6.45) is 8.27. The number of nitrogens with zero attached hydrogens (tertiary/aromatic N) is 1. The van der Waals surface area contributed by atoms with Gasteiger partial charge in [-0.05, 0) is 38.5 Å². The Morgan fingerprint density at radius 3 is 2.75 bits per heavy atom. The molecule has 1 unspecified atom stereocenters. The first-order valence-corrected chi connectivity index (χ1v) is 7.72. The van der Waals surface area contributed by atoms with Gasteiger partial charge in [0.1, 0.15) is 0 Å². The number of piperidine rings is 1. The Kier molecular flexibility index (Phi) is 4.53. The first-order valence-electron chi connectivity index (χ1n) is 6.33. The summed E-state index contributed by atoms with van der Waals surface area (Å²) in [4.78, 5) is 14.1. The van der Waals surface area contributed by atoms with Crippen LogP contribution in [-0.4, -0.2) is 48.0 Å². The molecule has 1 saturated carbocycles. The summed E-state index contributed by atoms with van der Waals surface area (Å²) in [5, 5.41) is 3.53.